The van der Waals surface area contributed by atoms with Crippen LogP contribution in [0.3, 0.4) is 0 Å². The van der Waals surface area contributed by atoms with Crippen LogP contribution in [0.5, 0.6) is 0 Å². The molecule has 4 N–H and O–H groups in total. The van der Waals surface area contributed by atoms with E-state index in [-0.39, 0.29) is 24.0 Å². The van der Waals surface area contributed by atoms with Crippen molar-refractivity contribution in [1.82, 2.24) is 9.97 Å². The maximum Gasteiger partial charge on any atom is 0.193 e. The van der Waals surface area contributed by atoms with E-state index < -0.39 is 0 Å². The molecule has 0 aliphatic carbocycles. The number of para-hydroxylation sites is 1. The van der Waals surface area contributed by atoms with E-state index in [2.05, 4.69) is 46.3 Å². The average Bonchev–Trinajstić information content (AvgIpc) is 2.98. The molecule has 3 aromatic rings. The third-order valence-corrected chi connectivity index (χ3v) is 3.99. The fraction of sp³-hybridized carbons (Fsp3) is 0.263. The van der Waals surface area contributed by atoms with Crippen LogP contribution in [0, 0.1) is 6.92 Å². The summed E-state index contributed by atoms with van der Waals surface area (Å²) in [5, 5.41) is 3.14. The predicted octanol–water partition coefficient (Wildman–Crippen LogP) is 4.54. The summed E-state index contributed by atoms with van der Waals surface area (Å²) in [6, 6.07) is 14.3. The van der Waals surface area contributed by atoms with Crippen molar-refractivity contribution in [2.45, 2.75) is 33.2 Å². The van der Waals surface area contributed by atoms with E-state index in [0.29, 0.717) is 18.4 Å². The summed E-state index contributed by atoms with van der Waals surface area (Å²) >= 11 is 0. The zero-order valence-electron chi connectivity index (χ0n) is 14.7. The number of nitrogens with zero attached hydrogens (tertiary/aromatic N) is 2. The Morgan fingerprint density at radius 1 is 1.24 bits per heavy atom. The van der Waals surface area contributed by atoms with Gasteiger partial charge >= 0.3 is 0 Å². The zero-order valence-corrected chi connectivity index (χ0v) is 17.0. The molecule has 0 aliphatic heterocycles. The number of aromatic nitrogens is 2. The molecule has 1 heterocycles. The summed E-state index contributed by atoms with van der Waals surface area (Å²) in [5.41, 5.74) is 11.4. The summed E-state index contributed by atoms with van der Waals surface area (Å²) in [4.78, 5) is 12.2. The maximum absolute atomic E-state index is 6.00. The van der Waals surface area contributed by atoms with Crippen LogP contribution in [0.25, 0.3) is 11.0 Å². The Bertz CT molecular complexity index is 882. The van der Waals surface area contributed by atoms with E-state index in [9.17, 15) is 0 Å². The summed E-state index contributed by atoms with van der Waals surface area (Å²) in [7, 11) is 0. The van der Waals surface area contributed by atoms with Gasteiger partial charge in [0.2, 0.25) is 0 Å². The maximum atomic E-state index is 6.00. The number of halogens is 1. The number of hydrogen-bond acceptors (Lipinski definition) is 2. The van der Waals surface area contributed by atoms with E-state index in [1.807, 2.05) is 37.3 Å². The number of fused-ring (bicyclic) bond motifs is 1. The monoisotopic (exact) mass is 449 g/mol. The van der Waals surface area contributed by atoms with Gasteiger partial charge in [0, 0.05) is 5.69 Å². The summed E-state index contributed by atoms with van der Waals surface area (Å²) < 4.78 is 0. The molecule has 0 fully saturated rings. The van der Waals surface area contributed by atoms with Gasteiger partial charge in [-0.2, -0.15) is 0 Å². The van der Waals surface area contributed by atoms with Gasteiger partial charge in [-0.1, -0.05) is 38.1 Å². The fourth-order valence-corrected chi connectivity index (χ4v) is 2.62. The Hall–Kier alpha value is -2.09. The topological polar surface area (TPSA) is 79.1 Å². The van der Waals surface area contributed by atoms with Crippen LogP contribution >= 0.6 is 24.0 Å². The van der Waals surface area contributed by atoms with Gasteiger partial charge < -0.3 is 16.0 Å². The highest BCUT2D eigenvalue weighted by Crippen LogP contribution is 2.18. The largest absolute Gasteiger partial charge is 0.370 e. The predicted molar refractivity (Wildman–Crippen MR) is 116 cm³/mol. The van der Waals surface area contributed by atoms with E-state index >= 15 is 0 Å². The van der Waals surface area contributed by atoms with Crippen LogP contribution < -0.4 is 11.1 Å². The van der Waals surface area contributed by atoms with Crippen molar-refractivity contribution >= 4 is 46.7 Å². The van der Waals surface area contributed by atoms with Crippen molar-refractivity contribution in [3.05, 3.63) is 59.4 Å². The number of nitrogens with one attached hydrogen (secondary N) is 2. The van der Waals surface area contributed by atoms with Gasteiger partial charge in [-0.05, 0) is 42.2 Å². The SMILES string of the molecule is Cc1cccc2[nH]c(CN=C(N)Nc3cccc(C(C)C)c3)nc12.I. The molecule has 0 unspecified atom stereocenters. The number of anilines is 1. The number of H-pyrrole nitrogens is 1. The highest BCUT2D eigenvalue weighted by molar-refractivity contribution is 14.0. The Kier molecular flexibility index (Phi) is 6.41. The molecule has 6 heteroatoms. The van der Waals surface area contributed by atoms with Crippen molar-refractivity contribution in [1.29, 1.82) is 0 Å². The van der Waals surface area contributed by atoms with E-state index in [1.54, 1.807) is 0 Å². The first-order valence-electron chi connectivity index (χ1n) is 8.14. The van der Waals surface area contributed by atoms with Gasteiger partial charge in [-0.15, -0.1) is 24.0 Å². The Morgan fingerprint density at radius 2 is 2.00 bits per heavy atom. The molecule has 25 heavy (non-hydrogen) atoms. The number of rotatable bonds is 4. The van der Waals surface area contributed by atoms with Crippen LogP contribution in [0.2, 0.25) is 0 Å². The van der Waals surface area contributed by atoms with Gasteiger partial charge in [-0.3, -0.25) is 0 Å². The molecule has 5 nitrogen and oxygen atoms in total. The molecule has 2 aromatic carbocycles. The first-order valence-corrected chi connectivity index (χ1v) is 8.14. The van der Waals surface area contributed by atoms with E-state index in [4.69, 9.17) is 5.73 Å². The van der Waals surface area contributed by atoms with Gasteiger partial charge in [0.05, 0.1) is 11.0 Å². The number of aliphatic imine (C=N–C) groups is 1. The Labute approximate surface area is 165 Å². The van der Waals surface area contributed by atoms with Gasteiger partial charge in [-0.25, -0.2) is 9.98 Å². The van der Waals surface area contributed by atoms with Crippen LogP contribution in [-0.4, -0.2) is 15.9 Å². The number of aryl methyl sites for hydroxylation is 1. The zero-order chi connectivity index (χ0) is 17.1. The molecule has 0 radical (unpaired) electrons. The van der Waals surface area contributed by atoms with Crippen LogP contribution in [0.15, 0.2) is 47.5 Å². The van der Waals surface area contributed by atoms with Gasteiger partial charge in [0.1, 0.15) is 12.4 Å². The van der Waals surface area contributed by atoms with Crippen molar-refractivity contribution in [2.75, 3.05) is 5.32 Å². The summed E-state index contributed by atoms with van der Waals surface area (Å²) in [6.07, 6.45) is 0. The summed E-state index contributed by atoms with van der Waals surface area (Å²) in [5.74, 6) is 1.66. The molecule has 0 saturated heterocycles. The first-order chi connectivity index (χ1) is 11.5. The number of hydrogen-bond donors (Lipinski definition) is 3. The Balaban J connectivity index is 0.00000225. The fourth-order valence-electron chi connectivity index (χ4n) is 2.62. The molecule has 0 amide bonds. The molecule has 3 rings (SSSR count). The lowest BCUT2D eigenvalue weighted by molar-refractivity contribution is 0.867. The first kappa shape index (κ1) is 19.2. The molecule has 0 saturated carbocycles. The summed E-state index contributed by atoms with van der Waals surface area (Å²) in [6.45, 7) is 6.80. The second kappa shape index (κ2) is 8.33. The number of imidazole rings is 1. The van der Waals surface area contributed by atoms with Crippen molar-refractivity contribution in [2.24, 2.45) is 10.7 Å². The normalized spacial score (nSPS) is 11.6. The highest BCUT2D eigenvalue weighted by atomic mass is 127. The second-order valence-electron chi connectivity index (χ2n) is 6.26. The number of aromatic amines is 1. The number of guanidine groups is 1. The van der Waals surface area contributed by atoms with Crippen molar-refractivity contribution in [3.8, 4) is 0 Å². The molecule has 0 atom stereocenters. The van der Waals surface area contributed by atoms with E-state index in [0.717, 1.165) is 28.1 Å². The quantitative estimate of drug-likeness (QED) is 0.311. The van der Waals surface area contributed by atoms with Crippen LogP contribution in [0.1, 0.15) is 36.7 Å². The smallest absolute Gasteiger partial charge is 0.193 e. The molecule has 0 bridgehead atoms. The molecule has 0 aliphatic rings. The second-order valence-corrected chi connectivity index (χ2v) is 6.26. The molecule has 1 aromatic heterocycles. The lowest BCUT2D eigenvalue weighted by atomic mass is 10.0. The van der Waals surface area contributed by atoms with E-state index in [1.165, 1.54) is 5.56 Å². The third kappa shape index (κ3) is 4.72. The minimum absolute atomic E-state index is 0. The minimum atomic E-state index is 0. The van der Waals surface area contributed by atoms with Crippen LogP contribution in [0.4, 0.5) is 5.69 Å². The Morgan fingerprint density at radius 3 is 2.72 bits per heavy atom. The molecule has 0 spiro atoms. The third-order valence-electron chi connectivity index (χ3n) is 3.99. The molecule has 132 valence electrons. The molecular weight excluding hydrogens is 425 g/mol. The number of nitrogens with two attached hydrogens (primary N) is 1. The number of benzene rings is 2. The van der Waals surface area contributed by atoms with Gasteiger partial charge in [0.15, 0.2) is 5.96 Å². The lowest BCUT2D eigenvalue weighted by Crippen LogP contribution is -2.22. The average molecular weight is 449 g/mol. The minimum Gasteiger partial charge on any atom is -0.370 e. The standard InChI is InChI=1S/C19H23N5.HI/c1-12(2)14-7-5-8-15(10-14)22-19(20)21-11-17-23-16-9-4-6-13(3)18(16)24-17;/h4-10,12H,11H2,1-3H3,(H,23,24)(H3,20,21,22);1H. The van der Waals surface area contributed by atoms with Crippen LogP contribution in [-0.2, 0) is 6.54 Å². The van der Waals surface area contributed by atoms with Crippen molar-refractivity contribution < 1.29 is 0 Å². The molecular formula is C19H24IN5. The van der Waals surface area contributed by atoms with Crippen molar-refractivity contribution in [3.63, 3.8) is 0 Å². The lowest BCUT2D eigenvalue weighted by Gasteiger charge is -2.09. The van der Waals surface area contributed by atoms with Gasteiger partial charge in [0.25, 0.3) is 0 Å². The highest BCUT2D eigenvalue weighted by Gasteiger charge is 2.05.